The van der Waals surface area contributed by atoms with Gasteiger partial charge in [-0.25, -0.2) is 4.98 Å². The van der Waals surface area contributed by atoms with E-state index < -0.39 is 0 Å². The maximum atomic E-state index is 6.35. The quantitative estimate of drug-likeness (QED) is 0.685. The van der Waals surface area contributed by atoms with E-state index in [1.54, 1.807) is 6.39 Å². The van der Waals surface area contributed by atoms with Gasteiger partial charge in [0.15, 0.2) is 6.39 Å². The van der Waals surface area contributed by atoms with Gasteiger partial charge in [-0.15, -0.1) is 0 Å². The number of nitrogens with zero attached hydrogens (tertiary/aromatic N) is 3. The lowest BCUT2D eigenvalue weighted by Crippen LogP contribution is -2.38. The summed E-state index contributed by atoms with van der Waals surface area (Å²) in [7, 11) is 2.07. The number of aryl methyl sites for hydroxylation is 1. The molecule has 0 amide bonds. The van der Waals surface area contributed by atoms with Crippen LogP contribution in [-0.2, 0) is 13.6 Å². The third-order valence-corrected chi connectivity index (χ3v) is 5.29. The fraction of sp³-hybridized carbons (Fsp3) is 0.476. The van der Waals surface area contributed by atoms with E-state index in [4.69, 9.17) is 9.15 Å². The minimum Gasteiger partial charge on any atom is -0.490 e. The summed E-state index contributed by atoms with van der Waals surface area (Å²) in [6.07, 6.45) is 6.01. The van der Waals surface area contributed by atoms with Crippen LogP contribution in [-0.4, -0.2) is 33.6 Å². The van der Waals surface area contributed by atoms with Gasteiger partial charge in [0.25, 0.3) is 0 Å². The van der Waals surface area contributed by atoms with Crippen LogP contribution in [0.4, 0.5) is 0 Å². The molecule has 0 radical (unpaired) electrons. The minimum absolute atomic E-state index is 0.277. The van der Waals surface area contributed by atoms with Crippen LogP contribution in [0.2, 0.25) is 0 Å². The van der Waals surface area contributed by atoms with Crippen molar-refractivity contribution in [3.05, 3.63) is 48.3 Å². The van der Waals surface area contributed by atoms with E-state index in [1.165, 1.54) is 10.9 Å². The molecule has 1 fully saturated rings. The van der Waals surface area contributed by atoms with Crippen LogP contribution in [0, 0.1) is 0 Å². The molecule has 0 saturated carbocycles. The monoisotopic (exact) mass is 353 g/mol. The van der Waals surface area contributed by atoms with Crippen molar-refractivity contribution in [2.75, 3.05) is 13.1 Å². The van der Waals surface area contributed by atoms with Gasteiger partial charge in [0.1, 0.15) is 17.6 Å². The van der Waals surface area contributed by atoms with Gasteiger partial charge in [0.2, 0.25) is 0 Å². The fourth-order valence-corrected chi connectivity index (χ4v) is 3.82. The average molecular weight is 353 g/mol. The Labute approximate surface area is 154 Å². The SMILES string of the molecule is CC(C)c1ocnc1CN1CCC(Oc2cccc3c2ccn3C)CC1. The highest BCUT2D eigenvalue weighted by atomic mass is 16.5. The first kappa shape index (κ1) is 17.2. The number of hydrogen-bond acceptors (Lipinski definition) is 4. The van der Waals surface area contributed by atoms with Gasteiger partial charge < -0.3 is 13.7 Å². The summed E-state index contributed by atoms with van der Waals surface area (Å²) >= 11 is 0. The summed E-state index contributed by atoms with van der Waals surface area (Å²) in [6, 6.07) is 8.43. The van der Waals surface area contributed by atoms with E-state index >= 15 is 0 Å². The second kappa shape index (κ2) is 7.16. The number of rotatable bonds is 5. The number of hydrogen-bond donors (Lipinski definition) is 0. The zero-order valence-corrected chi connectivity index (χ0v) is 15.8. The molecule has 3 aromatic rings. The van der Waals surface area contributed by atoms with E-state index in [0.29, 0.717) is 5.92 Å². The van der Waals surface area contributed by atoms with E-state index in [1.807, 2.05) is 0 Å². The fourth-order valence-electron chi connectivity index (χ4n) is 3.82. The van der Waals surface area contributed by atoms with Crippen LogP contribution in [0.25, 0.3) is 10.9 Å². The molecule has 0 N–H and O–H groups in total. The number of aromatic nitrogens is 2. The summed E-state index contributed by atoms with van der Waals surface area (Å²) in [4.78, 5) is 6.86. The van der Waals surface area contributed by atoms with Crippen LogP contribution < -0.4 is 4.74 Å². The molecule has 2 aromatic heterocycles. The van der Waals surface area contributed by atoms with Gasteiger partial charge in [0, 0.05) is 44.2 Å². The Kier molecular flexibility index (Phi) is 4.72. The Morgan fingerprint density at radius 2 is 2.04 bits per heavy atom. The largest absolute Gasteiger partial charge is 0.490 e. The van der Waals surface area contributed by atoms with E-state index in [9.17, 15) is 0 Å². The van der Waals surface area contributed by atoms with E-state index in [0.717, 1.165) is 49.7 Å². The van der Waals surface area contributed by atoms with Crippen molar-refractivity contribution < 1.29 is 9.15 Å². The molecule has 0 unspecified atom stereocenters. The molecule has 5 nitrogen and oxygen atoms in total. The normalized spacial score (nSPS) is 16.6. The molecule has 0 bridgehead atoms. The molecule has 0 spiro atoms. The molecule has 1 aliphatic heterocycles. The van der Waals surface area contributed by atoms with Crippen molar-refractivity contribution in [1.29, 1.82) is 0 Å². The standard InChI is InChI=1S/C21H27N3O2/c1-15(2)21-18(22-14-25-21)13-24-11-7-16(8-12-24)26-20-6-4-5-19-17(20)9-10-23(19)3/h4-6,9-10,14-16H,7-8,11-13H2,1-3H3. The van der Waals surface area contributed by atoms with Crippen LogP contribution in [0.1, 0.15) is 44.1 Å². The Hall–Kier alpha value is -2.27. The van der Waals surface area contributed by atoms with Crippen molar-refractivity contribution in [2.45, 2.75) is 45.3 Å². The Balaban J connectivity index is 1.37. The van der Waals surface area contributed by atoms with Gasteiger partial charge in [0.05, 0.1) is 11.2 Å². The lowest BCUT2D eigenvalue weighted by atomic mass is 10.1. The highest BCUT2D eigenvalue weighted by Gasteiger charge is 2.23. The summed E-state index contributed by atoms with van der Waals surface area (Å²) < 4.78 is 14.0. The molecular weight excluding hydrogens is 326 g/mol. The first-order valence-corrected chi connectivity index (χ1v) is 9.47. The zero-order chi connectivity index (χ0) is 18.1. The van der Waals surface area contributed by atoms with Gasteiger partial charge in [-0.05, 0) is 31.0 Å². The van der Waals surface area contributed by atoms with E-state index in [2.05, 4.69) is 65.8 Å². The van der Waals surface area contributed by atoms with Crippen LogP contribution in [0.3, 0.4) is 0 Å². The van der Waals surface area contributed by atoms with Crippen LogP contribution in [0.5, 0.6) is 5.75 Å². The highest BCUT2D eigenvalue weighted by molar-refractivity contribution is 5.86. The smallest absolute Gasteiger partial charge is 0.181 e. The third-order valence-electron chi connectivity index (χ3n) is 5.29. The molecule has 0 atom stereocenters. The number of ether oxygens (including phenoxy) is 1. The second-order valence-electron chi connectivity index (χ2n) is 7.53. The average Bonchev–Trinajstić information content (AvgIpc) is 3.25. The van der Waals surface area contributed by atoms with Gasteiger partial charge in [-0.2, -0.15) is 0 Å². The lowest BCUT2D eigenvalue weighted by Gasteiger charge is -2.32. The molecule has 1 aromatic carbocycles. The van der Waals surface area contributed by atoms with Crippen molar-refractivity contribution >= 4 is 10.9 Å². The Bertz CT molecular complexity index is 872. The second-order valence-corrected chi connectivity index (χ2v) is 7.53. The zero-order valence-electron chi connectivity index (χ0n) is 15.8. The summed E-state index contributed by atoms with van der Waals surface area (Å²) in [5, 5.41) is 1.20. The predicted octanol–water partition coefficient (Wildman–Crippen LogP) is 4.33. The maximum absolute atomic E-state index is 6.35. The van der Waals surface area contributed by atoms with Gasteiger partial charge in [-0.3, -0.25) is 4.90 Å². The number of oxazole rings is 1. The van der Waals surface area contributed by atoms with E-state index in [-0.39, 0.29) is 6.10 Å². The molecule has 26 heavy (non-hydrogen) atoms. The molecule has 4 rings (SSSR count). The third kappa shape index (κ3) is 3.36. The number of piperidine rings is 1. The van der Waals surface area contributed by atoms with Gasteiger partial charge in [-0.1, -0.05) is 19.9 Å². The maximum Gasteiger partial charge on any atom is 0.181 e. The van der Waals surface area contributed by atoms with Crippen molar-refractivity contribution in [2.24, 2.45) is 7.05 Å². The Morgan fingerprint density at radius 3 is 2.81 bits per heavy atom. The molecular formula is C21H27N3O2. The van der Waals surface area contributed by atoms with Crippen LogP contribution in [0.15, 0.2) is 41.3 Å². The Morgan fingerprint density at radius 1 is 1.23 bits per heavy atom. The number of benzene rings is 1. The summed E-state index contributed by atoms with van der Waals surface area (Å²) in [5.41, 5.74) is 2.29. The van der Waals surface area contributed by atoms with Crippen molar-refractivity contribution in [1.82, 2.24) is 14.5 Å². The minimum atomic E-state index is 0.277. The first-order chi connectivity index (χ1) is 12.6. The highest BCUT2D eigenvalue weighted by Crippen LogP contribution is 2.29. The van der Waals surface area contributed by atoms with Crippen molar-refractivity contribution in [3.8, 4) is 5.75 Å². The lowest BCUT2D eigenvalue weighted by molar-refractivity contribution is 0.0970. The van der Waals surface area contributed by atoms with Crippen LogP contribution >= 0.6 is 0 Å². The summed E-state index contributed by atoms with van der Waals surface area (Å²) in [5.74, 6) is 2.39. The molecule has 3 heterocycles. The molecule has 0 aliphatic carbocycles. The molecule has 138 valence electrons. The topological polar surface area (TPSA) is 43.4 Å². The number of fused-ring (bicyclic) bond motifs is 1. The first-order valence-electron chi connectivity index (χ1n) is 9.47. The predicted molar refractivity (Wildman–Crippen MR) is 102 cm³/mol. The number of likely N-dealkylation sites (tertiary alicyclic amines) is 1. The molecule has 1 saturated heterocycles. The van der Waals surface area contributed by atoms with Gasteiger partial charge >= 0.3 is 0 Å². The summed E-state index contributed by atoms with van der Waals surface area (Å²) in [6.45, 7) is 7.22. The van der Waals surface area contributed by atoms with Crippen molar-refractivity contribution in [3.63, 3.8) is 0 Å². The molecule has 5 heteroatoms. The molecule has 1 aliphatic rings.